The summed E-state index contributed by atoms with van der Waals surface area (Å²) in [7, 11) is 0. The van der Waals surface area contributed by atoms with Crippen LogP contribution < -0.4 is 5.32 Å². The van der Waals surface area contributed by atoms with Crippen LogP contribution in [0.15, 0.2) is 34.9 Å². The number of aromatic nitrogens is 3. The molecule has 0 saturated heterocycles. The van der Waals surface area contributed by atoms with Crippen LogP contribution in [0.3, 0.4) is 0 Å². The largest absolute Gasteiger partial charge is 0.354 e. The molecule has 5 nitrogen and oxygen atoms in total. The summed E-state index contributed by atoms with van der Waals surface area (Å²) < 4.78 is 3.22. The predicted octanol–water partition coefficient (Wildman–Crippen LogP) is 3.49. The molecule has 1 amide bonds. The van der Waals surface area contributed by atoms with Crippen molar-refractivity contribution in [3.8, 4) is 0 Å². The summed E-state index contributed by atoms with van der Waals surface area (Å²) in [6.45, 7) is 5.34. The molecule has 0 aliphatic rings. The average molecular weight is 389 g/mol. The number of carbonyl (C=O) groups excluding carboxylic acids is 1. The number of hydrogen-bond acceptors (Lipinski definition) is 2. The number of nitrogens with zero attached hydrogens (tertiary/aromatic N) is 2. The molecule has 1 aromatic carbocycles. The van der Waals surface area contributed by atoms with Crippen LogP contribution in [0.5, 0.6) is 0 Å². The molecular weight excluding hydrogens is 368 g/mol. The minimum absolute atomic E-state index is 0.0765. The van der Waals surface area contributed by atoms with Crippen LogP contribution in [0.25, 0.3) is 10.9 Å². The Hall–Kier alpha value is -2.08. The summed E-state index contributed by atoms with van der Waals surface area (Å²) in [4.78, 5) is 12.0. The van der Waals surface area contributed by atoms with Crippen molar-refractivity contribution >= 4 is 32.7 Å². The van der Waals surface area contributed by atoms with E-state index in [4.69, 9.17) is 0 Å². The number of aryl methyl sites for hydroxylation is 2. The molecule has 0 aliphatic heterocycles. The van der Waals surface area contributed by atoms with Crippen LogP contribution in [-0.4, -0.2) is 27.2 Å². The molecule has 3 rings (SSSR count). The summed E-state index contributed by atoms with van der Waals surface area (Å²) in [5, 5.41) is 11.3. The Morgan fingerprint density at radius 2 is 2.17 bits per heavy atom. The molecule has 6 heteroatoms. The van der Waals surface area contributed by atoms with Gasteiger partial charge < -0.3 is 9.88 Å². The van der Waals surface area contributed by atoms with Gasteiger partial charge in [-0.25, -0.2) is 0 Å². The second-order valence-corrected chi connectivity index (χ2v) is 6.89. The first-order chi connectivity index (χ1) is 11.5. The third-order valence-electron chi connectivity index (χ3n) is 4.29. The Balaban J connectivity index is 1.50. The molecule has 24 heavy (non-hydrogen) atoms. The molecule has 0 unspecified atom stereocenters. The van der Waals surface area contributed by atoms with Crippen molar-refractivity contribution in [1.82, 2.24) is 20.1 Å². The fourth-order valence-electron chi connectivity index (χ4n) is 2.94. The van der Waals surface area contributed by atoms with E-state index in [1.807, 2.05) is 19.9 Å². The summed E-state index contributed by atoms with van der Waals surface area (Å²) in [6.07, 6.45) is 3.26. The topological polar surface area (TPSA) is 62.7 Å². The first-order valence-electron chi connectivity index (χ1n) is 8.06. The van der Waals surface area contributed by atoms with Crippen molar-refractivity contribution in [1.29, 1.82) is 0 Å². The maximum Gasteiger partial charge on any atom is 0.220 e. The average Bonchev–Trinajstić information content (AvgIpc) is 3.09. The van der Waals surface area contributed by atoms with Crippen molar-refractivity contribution in [2.24, 2.45) is 0 Å². The van der Waals surface area contributed by atoms with E-state index in [1.165, 1.54) is 10.9 Å². The molecular formula is C18H21BrN4O. The zero-order valence-corrected chi connectivity index (χ0v) is 15.5. The molecule has 0 fully saturated rings. The van der Waals surface area contributed by atoms with Gasteiger partial charge in [-0.15, -0.1) is 0 Å². The van der Waals surface area contributed by atoms with Gasteiger partial charge in [0, 0.05) is 41.4 Å². The normalized spacial score (nSPS) is 11.1. The maximum absolute atomic E-state index is 12.0. The van der Waals surface area contributed by atoms with E-state index in [1.54, 1.807) is 0 Å². The number of amides is 1. The van der Waals surface area contributed by atoms with E-state index in [0.717, 1.165) is 34.4 Å². The minimum atomic E-state index is 0.0765. The zero-order valence-electron chi connectivity index (χ0n) is 13.9. The number of carbonyl (C=O) groups is 1. The molecule has 0 saturated carbocycles. The minimum Gasteiger partial charge on any atom is -0.354 e. The summed E-state index contributed by atoms with van der Waals surface area (Å²) in [6, 6.07) is 8.31. The second kappa shape index (κ2) is 7.21. The Kier molecular flexibility index (Phi) is 5.04. The molecule has 0 aliphatic carbocycles. The summed E-state index contributed by atoms with van der Waals surface area (Å²) in [5.41, 5.74) is 4.34. The van der Waals surface area contributed by atoms with E-state index < -0.39 is 0 Å². The highest BCUT2D eigenvalue weighted by atomic mass is 79.9. The fourth-order valence-corrected chi connectivity index (χ4v) is 3.29. The Morgan fingerprint density at radius 1 is 1.33 bits per heavy atom. The van der Waals surface area contributed by atoms with Crippen molar-refractivity contribution < 1.29 is 4.79 Å². The zero-order chi connectivity index (χ0) is 17.1. The fraction of sp³-hybridized carbons (Fsp3) is 0.333. The van der Waals surface area contributed by atoms with E-state index in [0.29, 0.717) is 13.0 Å². The first-order valence-corrected chi connectivity index (χ1v) is 8.85. The Bertz CT molecular complexity index is 846. The highest BCUT2D eigenvalue weighted by Gasteiger charge is 2.09. The SMILES string of the molecule is Cc1n[nH]c(C)c1CCC(=O)NCCn1ccc2ccc(Br)cc21. The molecule has 3 aromatic rings. The van der Waals surface area contributed by atoms with Gasteiger partial charge in [0.1, 0.15) is 0 Å². The third kappa shape index (κ3) is 3.70. The van der Waals surface area contributed by atoms with E-state index in [2.05, 4.69) is 60.4 Å². The lowest BCUT2D eigenvalue weighted by Crippen LogP contribution is -2.27. The molecule has 0 radical (unpaired) electrons. The van der Waals surface area contributed by atoms with Crippen LogP contribution >= 0.6 is 15.9 Å². The molecule has 126 valence electrons. The number of H-pyrrole nitrogens is 1. The van der Waals surface area contributed by atoms with E-state index in [-0.39, 0.29) is 5.91 Å². The third-order valence-corrected chi connectivity index (χ3v) is 4.79. The van der Waals surface area contributed by atoms with Crippen LogP contribution in [0.1, 0.15) is 23.4 Å². The number of fused-ring (bicyclic) bond motifs is 1. The van der Waals surface area contributed by atoms with E-state index >= 15 is 0 Å². The molecule has 2 N–H and O–H groups in total. The second-order valence-electron chi connectivity index (χ2n) is 5.97. The van der Waals surface area contributed by atoms with Gasteiger partial charge in [0.25, 0.3) is 0 Å². The van der Waals surface area contributed by atoms with Gasteiger partial charge in [-0.3, -0.25) is 9.89 Å². The molecule has 2 aromatic heterocycles. The molecule has 0 spiro atoms. The monoisotopic (exact) mass is 388 g/mol. The predicted molar refractivity (Wildman–Crippen MR) is 99.0 cm³/mol. The van der Waals surface area contributed by atoms with Crippen molar-refractivity contribution in [2.45, 2.75) is 33.2 Å². The number of benzene rings is 1. The summed E-state index contributed by atoms with van der Waals surface area (Å²) >= 11 is 3.50. The quantitative estimate of drug-likeness (QED) is 0.678. The lowest BCUT2D eigenvalue weighted by Gasteiger charge is -2.08. The Labute approximate surface area is 149 Å². The number of hydrogen-bond donors (Lipinski definition) is 2. The van der Waals surface area contributed by atoms with Gasteiger partial charge in [-0.1, -0.05) is 22.0 Å². The number of rotatable bonds is 6. The molecule has 0 bridgehead atoms. The lowest BCUT2D eigenvalue weighted by atomic mass is 10.1. The van der Waals surface area contributed by atoms with Gasteiger partial charge in [0.15, 0.2) is 0 Å². The van der Waals surface area contributed by atoms with Crippen LogP contribution in [0, 0.1) is 13.8 Å². The van der Waals surface area contributed by atoms with Crippen molar-refractivity contribution in [2.75, 3.05) is 6.54 Å². The van der Waals surface area contributed by atoms with Gasteiger partial charge in [0.05, 0.1) is 5.69 Å². The van der Waals surface area contributed by atoms with Gasteiger partial charge >= 0.3 is 0 Å². The lowest BCUT2D eigenvalue weighted by molar-refractivity contribution is -0.121. The van der Waals surface area contributed by atoms with Gasteiger partial charge in [-0.05, 0) is 49.4 Å². The number of halogens is 1. The highest BCUT2D eigenvalue weighted by Crippen LogP contribution is 2.20. The maximum atomic E-state index is 12.0. The smallest absolute Gasteiger partial charge is 0.220 e. The standard InChI is InChI=1S/C18H21BrN4O/c1-12-16(13(2)22-21-12)5-6-18(24)20-8-10-23-9-7-14-3-4-15(19)11-17(14)23/h3-4,7,9,11H,5-6,8,10H2,1-2H3,(H,20,24)(H,21,22). The van der Waals surface area contributed by atoms with Crippen molar-refractivity contribution in [3.05, 3.63) is 51.9 Å². The van der Waals surface area contributed by atoms with Crippen LogP contribution in [0.4, 0.5) is 0 Å². The first kappa shape index (κ1) is 16.8. The van der Waals surface area contributed by atoms with Gasteiger partial charge in [-0.2, -0.15) is 5.10 Å². The Morgan fingerprint density at radius 3 is 2.92 bits per heavy atom. The molecule has 2 heterocycles. The van der Waals surface area contributed by atoms with Crippen LogP contribution in [0.2, 0.25) is 0 Å². The number of nitrogens with one attached hydrogen (secondary N) is 2. The van der Waals surface area contributed by atoms with E-state index in [9.17, 15) is 4.79 Å². The van der Waals surface area contributed by atoms with Gasteiger partial charge in [0.2, 0.25) is 5.91 Å². The molecule has 0 atom stereocenters. The van der Waals surface area contributed by atoms with Crippen LogP contribution in [-0.2, 0) is 17.8 Å². The highest BCUT2D eigenvalue weighted by molar-refractivity contribution is 9.10. The summed E-state index contributed by atoms with van der Waals surface area (Å²) in [5.74, 6) is 0.0765. The van der Waals surface area contributed by atoms with Crippen molar-refractivity contribution in [3.63, 3.8) is 0 Å². The number of aromatic amines is 1.